The SMILES string of the molecule is CC(=O)O[C@@H]1C(=O)N2[C@@H]1[C@@]1(C)OC(=O)C[C@H]1[C@@H]2C(=O)[O-].CC1(C)CCC2(C)CCC(C)(C)[NH+]=C2N1. The van der Waals surface area contributed by atoms with E-state index >= 15 is 0 Å². The van der Waals surface area contributed by atoms with Crippen LogP contribution in [0.4, 0.5) is 0 Å². The van der Waals surface area contributed by atoms with Gasteiger partial charge in [0, 0.05) is 12.8 Å². The van der Waals surface area contributed by atoms with Crippen molar-refractivity contribution in [2.24, 2.45) is 11.3 Å². The standard InChI is InChI=1S/C13H24N2.C12H13NO7/c1-11(2)6-8-13(5)9-7-12(3,4)15-10(13)14-11;1-4(14)19-8-9-12(2)5(3-6(15)20-12)7(11(17)18)13(9)10(8)16/h6-9H2,1-5H3,(H,14,15);5,7-9H,3H2,1-2H3,(H,17,18)/t;5-,7+,8-,9-,12-/m.0/s1. The predicted molar refractivity (Wildman–Crippen MR) is 121 cm³/mol. The maximum absolute atomic E-state index is 12.0. The second-order valence-corrected chi connectivity index (χ2v) is 12.4. The molecule has 5 aliphatic rings. The highest BCUT2D eigenvalue weighted by molar-refractivity contribution is 5.96. The summed E-state index contributed by atoms with van der Waals surface area (Å²) in [6.07, 6.45) is 3.97. The lowest BCUT2D eigenvalue weighted by atomic mass is 9.69. The Morgan fingerprint density at radius 2 is 1.71 bits per heavy atom. The van der Waals surface area contributed by atoms with Crippen molar-refractivity contribution >= 4 is 29.7 Å². The number of piperidine rings is 1. The van der Waals surface area contributed by atoms with Crippen molar-refractivity contribution < 1.29 is 38.8 Å². The van der Waals surface area contributed by atoms with E-state index in [1.54, 1.807) is 6.92 Å². The minimum absolute atomic E-state index is 0.0950. The van der Waals surface area contributed by atoms with Crippen LogP contribution >= 0.6 is 0 Å². The molecule has 0 aromatic rings. The van der Waals surface area contributed by atoms with Crippen molar-refractivity contribution in [1.82, 2.24) is 10.2 Å². The largest absolute Gasteiger partial charge is 0.548 e. The van der Waals surface area contributed by atoms with Crippen LogP contribution in [-0.2, 0) is 28.7 Å². The lowest BCUT2D eigenvalue weighted by Gasteiger charge is -2.47. The van der Waals surface area contributed by atoms with E-state index in [9.17, 15) is 24.3 Å². The molecule has 0 aromatic carbocycles. The number of amidine groups is 1. The van der Waals surface area contributed by atoms with Crippen LogP contribution < -0.4 is 15.4 Å². The first kappa shape index (κ1) is 25.4. The number of carboxylic acid groups (broad SMARTS) is 1. The molecule has 1 unspecified atom stereocenters. The molecule has 0 spiro atoms. The number of ether oxygens (including phenoxy) is 2. The van der Waals surface area contributed by atoms with Gasteiger partial charge in [-0.2, -0.15) is 0 Å². The zero-order valence-corrected chi connectivity index (χ0v) is 21.6. The van der Waals surface area contributed by atoms with Gasteiger partial charge in [0.15, 0.2) is 0 Å². The van der Waals surface area contributed by atoms with E-state index in [0.717, 1.165) is 11.8 Å². The average Bonchev–Trinajstić information content (AvgIpc) is 3.12. The predicted octanol–water partition coefficient (Wildman–Crippen LogP) is -1.21. The highest BCUT2D eigenvalue weighted by Crippen LogP contribution is 2.53. The number of nitrogens with zero attached hydrogens (tertiary/aromatic N) is 1. The Bertz CT molecular complexity index is 1010. The summed E-state index contributed by atoms with van der Waals surface area (Å²) in [7, 11) is 0. The third-order valence-corrected chi connectivity index (χ3v) is 8.48. The molecule has 4 saturated heterocycles. The van der Waals surface area contributed by atoms with Gasteiger partial charge in [-0.05, 0) is 67.2 Å². The van der Waals surface area contributed by atoms with E-state index in [4.69, 9.17) is 9.47 Å². The molecule has 6 atom stereocenters. The first-order valence-corrected chi connectivity index (χ1v) is 12.4. The minimum atomic E-state index is -1.43. The van der Waals surface area contributed by atoms with Gasteiger partial charge in [0.05, 0.1) is 34.9 Å². The summed E-state index contributed by atoms with van der Waals surface area (Å²) in [5.74, 6) is -2.50. The summed E-state index contributed by atoms with van der Waals surface area (Å²) in [5, 5.41) is 15.0. The normalized spacial score (nSPS) is 39.9. The average molecular weight is 492 g/mol. The molecule has 5 heterocycles. The molecule has 2 N–H and O–H groups in total. The van der Waals surface area contributed by atoms with Crippen LogP contribution in [0.25, 0.3) is 0 Å². The summed E-state index contributed by atoms with van der Waals surface area (Å²) in [5.41, 5.74) is -0.259. The summed E-state index contributed by atoms with van der Waals surface area (Å²) in [6.45, 7) is 14.3. The van der Waals surface area contributed by atoms with Crippen LogP contribution in [0.2, 0.25) is 0 Å². The van der Waals surface area contributed by atoms with E-state index in [-0.39, 0.29) is 17.5 Å². The van der Waals surface area contributed by atoms with Crippen LogP contribution in [-0.4, -0.2) is 69.4 Å². The van der Waals surface area contributed by atoms with Crippen molar-refractivity contribution in [2.75, 3.05) is 0 Å². The maximum atomic E-state index is 12.0. The molecule has 10 nitrogen and oxygen atoms in total. The van der Waals surface area contributed by atoms with E-state index in [2.05, 4.69) is 44.9 Å². The molecular weight excluding hydrogens is 454 g/mol. The third-order valence-electron chi connectivity index (χ3n) is 8.48. The molecule has 0 aliphatic carbocycles. The van der Waals surface area contributed by atoms with E-state index in [0.29, 0.717) is 5.41 Å². The van der Waals surface area contributed by atoms with Gasteiger partial charge in [-0.25, -0.2) is 0 Å². The van der Waals surface area contributed by atoms with Gasteiger partial charge in [0.1, 0.15) is 11.6 Å². The fourth-order valence-corrected chi connectivity index (χ4v) is 6.27. The molecule has 4 fully saturated rings. The molecule has 35 heavy (non-hydrogen) atoms. The fraction of sp³-hybridized carbons (Fsp3) is 0.800. The van der Waals surface area contributed by atoms with Crippen molar-refractivity contribution in [3.63, 3.8) is 0 Å². The maximum Gasteiger partial charge on any atom is 0.306 e. The Hall–Kier alpha value is -2.65. The van der Waals surface area contributed by atoms with Gasteiger partial charge in [0.25, 0.3) is 5.91 Å². The number of amides is 1. The Kier molecular flexibility index (Phi) is 5.76. The molecule has 1 amide bonds. The number of nitrogens with one attached hydrogen (secondary N) is 2. The van der Waals surface area contributed by atoms with Gasteiger partial charge in [0.2, 0.25) is 11.9 Å². The highest BCUT2D eigenvalue weighted by atomic mass is 16.6. The summed E-state index contributed by atoms with van der Waals surface area (Å²) in [6, 6.07) is -1.99. The second kappa shape index (κ2) is 7.93. The number of aliphatic carboxylic acids is 1. The number of hydrogen-bond acceptors (Lipinski definition) is 8. The number of rotatable bonds is 2. The van der Waals surface area contributed by atoms with Crippen molar-refractivity contribution in [2.45, 2.75) is 115 Å². The van der Waals surface area contributed by atoms with Gasteiger partial charge in [-0.1, -0.05) is 0 Å². The quantitative estimate of drug-likeness (QED) is 0.362. The molecule has 5 rings (SSSR count). The topological polar surface area (TPSA) is 139 Å². The molecule has 5 aliphatic heterocycles. The molecule has 0 saturated carbocycles. The number of carbonyl (C=O) groups is 4. The Labute approximate surface area is 205 Å². The van der Waals surface area contributed by atoms with Gasteiger partial charge >= 0.3 is 11.9 Å². The smallest absolute Gasteiger partial charge is 0.306 e. The lowest BCUT2D eigenvalue weighted by molar-refractivity contribution is -0.559. The molecule has 0 aromatic heterocycles. The first-order valence-electron chi connectivity index (χ1n) is 12.4. The Morgan fingerprint density at radius 3 is 2.31 bits per heavy atom. The second-order valence-electron chi connectivity index (χ2n) is 12.4. The van der Waals surface area contributed by atoms with E-state index < -0.39 is 53.5 Å². The number of carboxylic acids is 1. The number of carbonyl (C=O) groups excluding carboxylic acids is 4. The summed E-state index contributed by atoms with van der Waals surface area (Å²) in [4.78, 5) is 50.5. The number of fused-ring (bicyclic) bond motifs is 4. The van der Waals surface area contributed by atoms with Gasteiger partial charge < -0.3 is 24.3 Å². The van der Waals surface area contributed by atoms with Crippen LogP contribution in [0.1, 0.15) is 80.6 Å². The first-order chi connectivity index (χ1) is 16.0. The van der Waals surface area contributed by atoms with Crippen molar-refractivity contribution in [3.8, 4) is 0 Å². The van der Waals surface area contributed by atoms with Crippen molar-refractivity contribution in [1.29, 1.82) is 0 Å². The molecule has 10 heteroatoms. The van der Waals surface area contributed by atoms with Crippen LogP contribution in [0.3, 0.4) is 0 Å². The Balaban J connectivity index is 0.000000172. The van der Waals surface area contributed by atoms with Gasteiger partial charge in [-0.3, -0.25) is 24.7 Å². The van der Waals surface area contributed by atoms with Gasteiger partial charge in [-0.15, -0.1) is 0 Å². The number of β-lactam (4-membered cyclic amide) rings is 1. The monoisotopic (exact) mass is 491 g/mol. The number of esters is 2. The molecule has 0 radical (unpaired) electrons. The molecule has 194 valence electrons. The van der Waals surface area contributed by atoms with E-state index in [1.165, 1.54) is 31.5 Å². The van der Waals surface area contributed by atoms with Crippen LogP contribution in [0.5, 0.6) is 0 Å². The highest BCUT2D eigenvalue weighted by Gasteiger charge is 2.74. The lowest BCUT2D eigenvalue weighted by Crippen LogP contribution is -2.92. The molecule has 0 bridgehead atoms. The fourth-order valence-electron chi connectivity index (χ4n) is 6.27. The number of hydrogen-bond donors (Lipinski definition) is 2. The summed E-state index contributed by atoms with van der Waals surface area (Å²) < 4.78 is 10.1. The third kappa shape index (κ3) is 4.18. The van der Waals surface area contributed by atoms with E-state index in [1.807, 2.05) is 0 Å². The zero-order valence-electron chi connectivity index (χ0n) is 21.6. The minimum Gasteiger partial charge on any atom is -0.548 e. The summed E-state index contributed by atoms with van der Waals surface area (Å²) >= 11 is 0. The van der Waals surface area contributed by atoms with Crippen LogP contribution in [0, 0.1) is 11.3 Å². The molecular formula is C25H37N3O7. The van der Waals surface area contributed by atoms with Crippen molar-refractivity contribution in [3.05, 3.63) is 0 Å². The Morgan fingerprint density at radius 1 is 1.09 bits per heavy atom. The van der Waals surface area contributed by atoms with Crippen LogP contribution in [0.15, 0.2) is 0 Å². The zero-order chi connectivity index (χ0) is 26.1.